The van der Waals surface area contributed by atoms with Crippen molar-refractivity contribution in [3.05, 3.63) is 53.1 Å². The maximum Gasteiger partial charge on any atom is 0.252 e. The monoisotopic (exact) mass is 435 g/mol. The number of nitriles is 1. The number of hydrogen-bond donors (Lipinski definition) is 1. The number of thioether (sulfide) groups is 1. The number of carbonyl (C=O) groups is 2. The number of hydrogen-bond acceptors (Lipinski definition) is 7. The highest BCUT2D eigenvalue weighted by Gasteiger charge is 2.34. The molecule has 0 aliphatic carbocycles. The van der Waals surface area contributed by atoms with Crippen molar-refractivity contribution in [2.24, 2.45) is 0 Å². The van der Waals surface area contributed by atoms with E-state index in [2.05, 4.69) is 20.4 Å². The van der Waals surface area contributed by atoms with Gasteiger partial charge in [-0.1, -0.05) is 0 Å². The van der Waals surface area contributed by atoms with E-state index in [0.29, 0.717) is 35.1 Å². The quantitative estimate of drug-likeness (QED) is 0.652. The van der Waals surface area contributed by atoms with E-state index in [0.717, 1.165) is 17.0 Å². The van der Waals surface area contributed by atoms with Crippen LogP contribution in [0, 0.1) is 25.2 Å². The van der Waals surface area contributed by atoms with Crippen LogP contribution in [0.5, 0.6) is 0 Å². The van der Waals surface area contributed by atoms with Gasteiger partial charge in [0.2, 0.25) is 11.8 Å². The third-order valence-corrected chi connectivity index (χ3v) is 6.38. The number of carbonyl (C=O) groups excluding carboxylic acids is 2. The zero-order valence-electron chi connectivity index (χ0n) is 17.2. The molecule has 1 atom stereocenters. The Morgan fingerprint density at radius 3 is 2.81 bits per heavy atom. The summed E-state index contributed by atoms with van der Waals surface area (Å²) in [6, 6.07) is 8.18. The second kappa shape index (κ2) is 8.73. The summed E-state index contributed by atoms with van der Waals surface area (Å²) in [5.74, 6) is 1.30. The maximum absolute atomic E-state index is 12.9. The summed E-state index contributed by atoms with van der Waals surface area (Å²) >= 11 is 1.56. The van der Waals surface area contributed by atoms with Gasteiger partial charge in [0.25, 0.3) is 5.78 Å². The Hall–Kier alpha value is -3.45. The zero-order valence-corrected chi connectivity index (χ0v) is 18.0. The number of aryl methyl sites for hydroxylation is 2. The van der Waals surface area contributed by atoms with Crippen molar-refractivity contribution in [1.82, 2.24) is 24.5 Å². The van der Waals surface area contributed by atoms with E-state index in [9.17, 15) is 9.59 Å². The van der Waals surface area contributed by atoms with Crippen molar-refractivity contribution in [2.45, 2.75) is 32.7 Å². The maximum atomic E-state index is 12.9. The van der Waals surface area contributed by atoms with E-state index >= 15 is 0 Å². The molecule has 0 bridgehead atoms. The molecule has 1 fully saturated rings. The fraction of sp³-hybridized carbons (Fsp3) is 0.333. The zero-order chi connectivity index (χ0) is 22.0. The second-order valence-electron chi connectivity index (χ2n) is 7.29. The summed E-state index contributed by atoms with van der Waals surface area (Å²) in [4.78, 5) is 35.9. The Morgan fingerprint density at radius 2 is 2.06 bits per heavy atom. The van der Waals surface area contributed by atoms with Gasteiger partial charge >= 0.3 is 0 Å². The van der Waals surface area contributed by atoms with E-state index in [-0.39, 0.29) is 18.2 Å². The average Bonchev–Trinajstić information content (AvgIpc) is 3.43. The summed E-state index contributed by atoms with van der Waals surface area (Å²) in [7, 11) is 0. The van der Waals surface area contributed by atoms with E-state index in [1.807, 2.05) is 19.9 Å². The Kier molecular flexibility index (Phi) is 5.86. The smallest absolute Gasteiger partial charge is 0.252 e. The molecule has 4 rings (SSSR count). The molecule has 1 aromatic carbocycles. The molecular weight excluding hydrogens is 414 g/mol. The molecule has 10 heteroatoms. The molecule has 1 aliphatic heterocycles. The van der Waals surface area contributed by atoms with Crippen LogP contribution in [0.2, 0.25) is 0 Å². The van der Waals surface area contributed by atoms with Crippen LogP contribution in [-0.4, -0.2) is 54.0 Å². The third-order valence-electron chi connectivity index (χ3n) is 5.36. The van der Waals surface area contributed by atoms with E-state index in [1.54, 1.807) is 45.4 Å². The van der Waals surface area contributed by atoms with Gasteiger partial charge in [-0.15, -0.1) is 11.8 Å². The number of aromatic nitrogens is 4. The van der Waals surface area contributed by atoms with Crippen LogP contribution in [0.1, 0.15) is 28.9 Å². The van der Waals surface area contributed by atoms with Crippen molar-refractivity contribution in [2.75, 3.05) is 16.9 Å². The number of anilines is 1. The van der Waals surface area contributed by atoms with Gasteiger partial charge in [-0.2, -0.15) is 15.3 Å². The van der Waals surface area contributed by atoms with Crippen molar-refractivity contribution in [3.8, 4) is 6.07 Å². The highest BCUT2D eigenvalue weighted by molar-refractivity contribution is 7.99. The molecule has 0 saturated carbocycles. The molecule has 9 nitrogen and oxygen atoms in total. The number of nitrogens with one attached hydrogen (secondary N) is 1. The van der Waals surface area contributed by atoms with Crippen LogP contribution in [-0.2, 0) is 16.0 Å². The minimum absolute atomic E-state index is 0.0672. The largest absolute Gasteiger partial charge is 0.324 e. The third kappa shape index (κ3) is 4.22. The molecule has 3 heterocycles. The second-order valence-corrected chi connectivity index (χ2v) is 8.29. The van der Waals surface area contributed by atoms with Crippen LogP contribution >= 0.6 is 11.8 Å². The minimum atomic E-state index is -0.522. The van der Waals surface area contributed by atoms with Gasteiger partial charge < -0.3 is 10.2 Å². The van der Waals surface area contributed by atoms with Crippen molar-refractivity contribution < 1.29 is 9.59 Å². The SMILES string of the molecule is Cc1nc2ncnn2c(C)c1CCC(=O)N1CSCC1C(=O)Nc1ccc(C#N)cc1. The normalized spacial score (nSPS) is 15.8. The van der Waals surface area contributed by atoms with Gasteiger partial charge in [0.15, 0.2) is 0 Å². The number of amides is 2. The van der Waals surface area contributed by atoms with Gasteiger partial charge in [-0.3, -0.25) is 9.59 Å². The van der Waals surface area contributed by atoms with Gasteiger partial charge in [-0.25, -0.2) is 9.50 Å². The molecule has 158 valence electrons. The summed E-state index contributed by atoms with van der Waals surface area (Å²) < 4.78 is 1.67. The van der Waals surface area contributed by atoms with Crippen LogP contribution in [0.3, 0.4) is 0 Å². The van der Waals surface area contributed by atoms with Gasteiger partial charge in [0, 0.05) is 29.2 Å². The molecule has 0 radical (unpaired) electrons. The molecule has 1 saturated heterocycles. The van der Waals surface area contributed by atoms with Crippen LogP contribution in [0.15, 0.2) is 30.6 Å². The van der Waals surface area contributed by atoms with E-state index < -0.39 is 6.04 Å². The minimum Gasteiger partial charge on any atom is -0.324 e. The first kappa shape index (κ1) is 20.8. The van der Waals surface area contributed by atoms with Crippen molar-refractivity contribution in [3.63, 3.8) is 0 Å². The molecule has 3 aromatic rings. The average molecular weight is 436 g/mol. The lowest BCUT2D eigenvalue weighted by Gasteiger charge is -2.23. The summed E-state index contributed by atoms with van der Waals surface area (Å²) in [6.07, 6.45) is 2.26. The number of fused-ring (bicyclic) bond motifs is 1. The first-order valence-corrected chi connectivity index (χ1v) is 11.0. The lowest BCUT2D eigenvalue weighted by Crippen LogP contribution is -2.44. The molecule has 1 aliphatic rings. The van der Waals surface area contributed by atoms with Gasteiger partial charge in [-0.05, 0) is 50.1 Å². The Bertz CT molecular complexity index is 1180. The van der Waals surface area contributed by atoms with Crippen molar-refractivity contribution in [1.29, 1.82) is 5.26 Å². The molecule has 2 amide bonds. The van der Waals surface area contributed by atoms with Crippen LogP contribution in [0.4, 0.5) is 5.69 Å². The lowest BCUT2D eigenvalue weighted by atomic mass is 10.1. The van der Waals surface area contributed by atoms with Gasteiger partial charge in [0.1, 0.15) is 12.4 Å². The number of rotatable bonds is 5. The molecule has 2 aromatic heterocycles. The van der Waals surface area contributed by atoms with E-state index in [4.69, 9.17) is 5.26 Å². The predicted molar refractivity (Wildman–Crippen MR) is 116 cm³/mol. The fourth-order valence-corrected chi connectivity index (χ4v) is 4.83. The first-order chi connectivity index (χ1) is 15.0. The van der Waals surface area contributed by atoms with E-state index in [1.165, 1.54) is 6.33 Å². The van der Waals surface area contributed by atoms with Crippen molar-refractivity contribution >= 4 is 35.0 Å². The Morgan fingerprint density at radius 1 is 1.29 bits per heavy atom. The Labute approximate surface area is 183 Å². The topological polar surface area (TPSA) is 116 Å². The fourth-order valence-electron chi connectivity index (χ4n) is 3.65. The summed E-state index contributed by atoms with van der Waals surface area (Å²) in [5.41, 5.74) is 3.84. The number of nitrogens with zero attached hydrogens (tertiary/aromatic N) is 6. The summed E-state index contributed by atoms with van der Waals surface area (Å²) in [6.45, 7) is 3.84. The highest BCUT2D eigenvalue weighted by Crippen LogP contribution is 2.24. The lowest BCUT2D eigenvalue weighted by molar-refractivity contribution is -0.136. The molecule has 1 unspecified atom stereocenters. The first-order valence-electron chi connectivity index (χ1n) is 9.82. The van der Waals surface area contributed by atoms with Gasteiger partial charge in [0.05, 0.1) is 17.5 Å². The summed E-state index contributed by atoms with van der Waals surface area (Å²) in [5, 5.41) is 15.9. The number of benzene rings is 1. The molecule has 0 spiro atoms. The standard InChI is InChI=1S/C21H21N7O2S/c1-13-17(14(2)28-21(25-13)23-11-24-28)7-8-19(29)27-12-31-10-18(27)20(30)26-16-5-3-15(9-22)4-6-16/h3-6,11,18H,7-8,10,12H2,1-2H3,(H,26,30). The predicted octanol–water partition coefficient (Wildman–Crippen LogP) is 2.09. The van der Waals surface area contributed by atoms with Crippen LogP contribution < -0.4 is 5.32 Å². The molecular formula is C21H21N7O2S. The van der Waals surface area contributed by atoms with Crippen LogP contribution in [0.25, 0.3) is 5.78 Å². The highest BCUT2D eigenvalue weighted by atomic mass is 32.2. The molecule has 31 heavy (non-hydrogen) atoms. The molecule has 1 N–H and O–H groups in total. The Balaban J connectivity index is 1.42.